The summed E-state index contributed by atoms with van der Waals surface area (Å²) in [5, 5.41) is 9.36. The van der Waals surface area contributed by atoms with E-state index < -0.39 is 11.4 Å². The van der Waals surface area contributed by atoms with Gasteiger partial charge in [-0.15, -0.1) is 0 Å². The summed E-state index contributed by atoms with van der Waals surface area (Å²) in [4.78, 5) is 39.2. The number of piperidine rings is 1. The van der Waals surface area contributed by atoms with Gasteiger partial charge in [-0.25, -0.2) is 0 Å². The topological polar surface area (TPSA) is 83.9 Å². The molecule has 6 rings (SSSR count). The Morgan fingerprint density at radius 1 is 0.808 bits per heavy atom. The van der Waals surface area contributed by atoms with E-state index in [4.69, 9.17) is 4.74 Å². The number of aliphatic carboxylic acids is 1. The van der Waals surface area contributed by atoms with Gasteiger partial charge in [0.05, 0.1) is 12.8 Å². The molecule has 6 fully saturated rings. The number of allylic oxidation sites excluding steroid dienone is 1. The standard InChI is InChI=1S/C46H75NO5/c1-30(2)33-13-20-46(23-26-47-24-16-32(17-25-47)27-31(3)48)22-21-44(9)34(40(33)46)11-12-36-43(8)18-15-37(42(6,7)35(43)14-19-45(36,44)10)52-39(51)29-41(4,5)28-38(49)50/h32-37,40H,1,11-29H2,2-10H3,(H,49,50)/t33-,34+,35-,36+,37-,40+,43-,44+,45+,46+/m0/s1. The van der Waals surface area contributed by atoms with Crippen molar-refractivity contribution in [2.45, 2.75) is 171 Å². The van der Waals surface area contributed by atoms with E-state index >= 15 is 0 Å². The number of carbonyl (C=O) groups is 3. The van der Waals surface area contributed by atoms with Crippen LogP contribution in [0.25, 0.3) is 0 Å². The van der Waals surface area contributed by atoms with Gasteiger partial charge in [-0.1, -0.05) is 60.6 Å². The van der Waals surface area contributed by atoms with Crippen LogP contribution in [-0.4, -0.2) is 53.5 Å². The molecule has 52 heavy (non-hydrogen) atoms. The molecule has 0 aromatic heterocycles. The number of ketones is 1. The van der Waals surface area contributed by atoms with Gasteiger partial charge in [-0.2, -0.15) is 0 Å². The number of esters is 1. The maximum absolute atomic E-state index is 13.3. The summed E-state index contributed by atoms with van der Waals surface area (Å²) >= 11 is 0. The molecule has 5 saturated carbocycles. The first kappa shape index (κ1) is 40.0. The molecule has 0 amide bonds. The zero-order valence-corrected chi connectivity index (χ0v) is 34.7. The smallest absolute Gasteiger partial charge is 0.306 e. The van der Waals surface area contributed by atoms with Gasteiger partial charge < -0.3 is 19.5 Å². The minimum absolute atomic E-state index is 0.0338. The number of ether oxygens (including phenoxy) is 1. The molecule has 10 atom stereocenters. The maximum atomic E-state index is 13.3. The van der Waals surface area contributed by atoms with Crippen LogP contribution in [0.5, 0.6) is 0 Å². The van der Waals surface area contributed by atoms with E-state index in [9.17, 15) is 19.5 Å². The second-order valence-corrected chi connectivity index (χ2v) is 21.7. The lowest BCUT2D eigenvalue weighted by atomic mass is 9.32. The van der Waals surface area contributed by atoms with Crippen LogP contribution < -0.4 is 0 Å². The molecule has 6 nitrogen and oxygen atoms in total. The lowest BCUT2D eigenvalue weighted by Gasteiger charge is -2.73. The summed E-state index contributed by atoms with van der Waals surface area (Å²) in [5.41, 5.74) is 1.91. The van der Waals surface area contributed by atoms with Crippen LogP contribution in [0.1, 0.15) is 165 Å². The number of carboxylic acid groups (broad SMARTS) is 1. The van der Waals surface area contributed by atoms with Gasteiger partial charge in [0.15, 0.2) is 0 Å². The molecule has 6 aliphatic rings. The zero-order chi connectivity index (χ0) is 38.1. The zero-order valence-electron chi connectivity index (χ0n) is 34.7. The van der Waals surface area contributed by atoms with Crippen LogP contribution in [0.3, 0.4) is 0 Å². The Balaban J connectivity index is 1.18. The first-order chi connectivity index (χ1) is 24.2. The number of likely N-dealkylation sites (tertiary alicyclic amines) is 1. The average molecular weight is 722 g/mol. The van der Waals surface area contributed by atoms with Gasteiger partial charge >= 0.3 is 11.9 Å². The minimum Gasteiger partial charge on any atom is -0.481 e. The fourth-order valence-corrected chi connectivity index (χ4v) is 15.2. The van der Waals surface area contributed by atoms with E-state index in [0.717, 1.165) is 44.2 Å². The van der Waals surface area contributed by atoms with Gasteiger partial charge in [0, 0.05) is 11.8 Å². The van der Waals surface area contributed by atoms with Crippen LogP contribution in [0.4, 0.5) is 0 Å². The molecule has 5 aliphatic carbocycles. The van der Waals surface area contributed by atoms with Crippen molar-refractivity contribution in [1.82, 2.24) is 4.90 Å². The molecule has 294 valence electrons. The van der Waals surface area contributed by atoms with Crippen molar-refractivity contribution in [3.05, 3.63) is 12.2 Å². The maximum Gasteiger partial charge on any atom is 0.306 e. The summed E-state index contributed by atoms with van der Waals surface area (Å²) in [5.74, 6) is 3.10. The van der Waals surface area contributed by atoms with Crippen molar-refractivity contribution in [3.8, 4) is 0 Å². The lowest BCUT2D eigenvalue weighted by molar-refractivity contribution is -0.250. The van der Waals surface area contributed by atoms with Gasteiger partial charge in [-0.05, 0) is 180 Å². The molecule has 1 N–H and O–H groups in total. The summed E-state index contributed by atoms with van der Waals surface area (Å²) in [6.07, 6.45) is 16.9. The van der Waals surface area contributed by atoms with Gasteiger partial charge in [0.25, 0.3) is 0 Å². The fourth-order valence-electron chi connectivity index (χ4n) is 15.2. The van der Waals surface area contributed by atoms with Crippen molar-refractivity contribution in [2.24, 2.45) is 68.0 Å². The highest BCUT2D eigenvalue weighted by Crippen LogP contribution is 2.78. The second kappa shape index (κ2) is 14.1. The molecular weight excluding hydrogens is 647 g/mol. The molecule has 0 aromatic carbocycles. The first-order valence-corrected chi connectivity index (χ1v) is 21.5. The summed E-state index contributed by atoms with van der Waals surface area (Å²) < 4.78 is 6.31. The highest BCUT2D eigenvalue weighted by molar-refractivity contribution is 5.75. The monoisotopic (exact) mass is 722 g/mol. The van der Waals surface area contributed by atoms with E-state index in [-0.39, 0.29) is 41.2 Å². The van der Waals surface area contributed by atoms with Crippen LogP contribution >= 0.6 is 0 Å². The highest BCUT2D eigenvalue weighted by Gasteiger charge is 2.71. The van der Waals surface area contributed by atoms with Crippen molar-refractivity contribution in [1.29, 1.82) is 0 Å². The molecule has 0 unspecified atom stereocenters. The predicted octanol–water partition coefficient (Wildman–Crippen LogP) is 10.5. The van der Waals surface area contributed by atoms with Crippen LogP contribution in [0.15, 0.2) is 12.2 Å². The van der Waals surface area contributed by atoms with Crippen LogP contribution in [0, 0.1) is 68.0 Å². The Labute approximate surface area is 317 Å². The molecule has 1 aliphatic heterocycles. The van der Waals surface area contributed by atoms with E-state index in [2.05, 4.69) is 53.0 Å². The van der Waals surface area contributed by atoms with Crippen molar-refractivity contribution < 1.29 is 24.2 Å². The van der Waals surface area contributed by atoms with Gasteiger partial charge in [0.1, 0.15) is 11.9 Å². The molecule has 0 bridgehead atoms. The highest BCUT2D eigenvalue weighted by atomic mass is 16.5. The minimum atomic E-state index is -0.870. The van der Waals surface area contributed by atoms with Gasteiger partial charge in [0.2, 0.25) is 0 Å². The Morgan fingerprint density at radius 3 is 2.13 bits per heavy atom. The third-order valence-corrected chi connectivity index (χ3v) is 17.9. The number of nitrogens with zero attached hydrogens (tertiary/aromatic N) is 1. The van der Waals surface area contributed by atoms with Gasteiger partial charge in [-0.3, -0.25) is 9.59 Å². The Kier molecular flexibility index (Phi) is 10.9. The van der Waals surface area contributed by atoms with Crippen LogP contribution in [-0.2, 0) is 19.1 Å². The molecule has 0 radical (unpaired) electrons. The van der Waals surface area contributed by atoms with Crippen LogP contribution in [0.2, 0.25) is 0 Å². The molecule has 0 aromatic rings. The number of carbonyl (C=O) groups excluding carboxylic acids is 2. The molecule has 1 saturated heterocycles. The number of fused-ring (bicyclic) bond motifs is 7. The Bertz CT molecular complexity index is 1390. The normalized spacial score (nSPS) is 41.9. The van der Waals surface area contributed by atoms with Crippen molar-refractivity contribution in [2.75, 3.05) is 19.6 Å². The largest absolute Gasteiger partial charge is 0.481 e. The second-order valence-electron chi connectivity index (χ2n) is 21.7. The molecule has 1 heterocycles. The number of rotatable bonds is 11. The average Bonchev–Trinajstić information content (AvgIpc) is 3.41. The van der Waals surface area contributed by atoms with E-state index in [1.165, 1.54) is 82.7 Å². The lowest BCUT2D eigenvalue weighted by Crippen LogP contribution is -2.66. The first-order valence-electron chi connectivity index (χ1n) is 21.5. The van der Waals surface area contributed by atoms with Crippen molar-refractivity contribution in [3.63, 3.8) is 0 Å². The SMILES string of the molecule is C=C(C)[C@@H]1CC[C@]2(CCN3CCC(CC(C)=O)CC3)CC[C@]3(C)[C@H](CC[C@@H]4[C@@]5(C)CC[C@H](OC(=O)CC(C)(C)CC(=O)O)C(C)(C)[C@@H]5CC[C@]43C)[C@@H]12. The molecular formula is C46H75NO5. The van der Waals surface area contributed by atoms with E-state index in [1.54, 1.807) is 6.92 Å². The quantitative estimate of drug-likeness (QED) is 0.169. The van der Waals surface area contributed by atoms with Crippen molar-refractivity contribution >= 4 is 17.7 Å². The number of hydrogen-bond acceptors (Lipinski definition) is 5. The molecule has 0 spiro atoms. The van der Waals surface area contributed by atoms with E-state index in [0.29, 0.717) is 40.3 Å². The number of hydrogen-bond donors (Lipinski definition) is 1. The number of Topliss-reactive ketones (excluding diaryl/α,β-unsaturated/α-hetero) is 1. The molecule has 6 heteroatoms. The fraction of sp³-hybridized carbons (Fsp3) is 0.891. The number of carboxylic acids is 1. The summed E-state index contributed by atoms with van der Waals surface area (Å²) in [7, 11) is 0. The van der Waals surface area contributed by atoms with E-state index in [1.807, 2.05) is 13.8 Å². The summed E-state index contributed by atoms with van der Waals surface area (Å²) in [6.45, 7) is 28.8. The third kappa shape index (κ3) is 6.89. The predicted molar refractivity (Wildman–Crippen MR) is 209 cm³/mol. The Hall–Kier alpha value is -1.69. The Morgan fingerprint density at radius 2 is 1.50 bits per heavy atom. The summed E-state index contributed by atoms with van der Waals surface area (Å²) in [6, 6.07) is 0. The third-order valence-electron chi connectivity index (χ3n) is 17.9.